The first-order valence-corrected chi connectivity index (χ1v) is 10.8. The van der Waals surface area contributed by atoms with Crippen molar-refractivity contribution >= 4 is 0 Å². The van der Waals surface area contributed by atoms with Crippen molar-refractivity contribution in [2.45, 2.75) is 38.8 Å². The number of ether oxygens (including phenoxy) is 2. The van der Waals surface area contributed by atoms with Gasteiger partial charge in [0.25, 0.3) is 0 Å². The van der Waals surface area contributed by atoms with Gasteiger partial charge in [-0.1, -0.05) is 32.1 Å². The summed E-state index contributed by atoms with van der Waals surface area (Å²) in [6.45, 7) is 7.07. The lowest BCUT2D eigenvalue weighted by Crippen LogP contribution is -2.48. The molecule has 0 aromatic heterocycles. The Balaban J connectivity index is 1.38. The minimum absolute atomic E-state index is 0.232. The predicted octanol–water partition coefficient (Wildman–Crippen LogP) is 3.26. The number of fused-ring (bicyclic) bond motifs is 1. The molecule has 162 valence electrons. The van der Waals surface area contributed by atoms with Crippen LogP contribution in [0.25, 0.3) is 0 Å². The number of nitrogens with one attached hydrogen (secondary N) is 1. The van der Waals surface area contributed by atoms with Crippen molar-refractivity contribution in [3.05, 3.63) is 41.5 Å². The lowest BCUT2D eigenvalue weighted by Gasteiger charge is -2.56. The van der Waals surface area contributed by atoms with Gasteiger partial charge < -0.3 is 24.8 Å². The Morgan fingerprint density at radius 1 is 1.21 bits per heavy atom. The minimum Gasteiger partial charge on any atom is -0.497 e. The summed E-state index contributed by atoms with van der Waals surface area (Å²) in [5.74, 6) is 2.38. The van der Waals surface area contributed by atoms with Crippen LogP contribution in [0, 0.1) is 17.3 Å². The molecule has 0 amide bonds. The van der Waals surface area contributed by atoms with E-state index in [0.717, 1.165) is 18.2 Å². The third-order valence-electron chi connectivity index (χ3n) is 7.00. The van der Waals surface area contributed by atoms with Crippen molar-refractivity contribution in [3.8, 4) is 5.75 Å². The van der Waals surface area contributed by atoms with Gasteiger partial charge in [-0.25, -0.2) is 0 Å². The second-order valence-electron chi connectivity index (χ2n) is 9.40. The van der Waals surface area contributed by atoms with Crippen LogP contribution in [-0.4, -0.2) is 63.6 Å². The Morgan fingerprint density at radius 3 is 2.52 bits per heavy atom. The molecule has 0 heterocycles. The molecule has 2 N–H and O–H groups in total. The van der Waals surface area contributed by atoms with Crippen molar-refractivity contribution in [1.29, 1.82) is 0 Å². The summed E-state index contributed by atoms with van der Waals surface area (Å²) >= 11 is 0. The zero-order valence-corrected chi connectivity index (χ0v) is 18.6. The largest absolute Gasteiger partial charge is 0.497 e. The molecule has 3 aliphatic rings. The van der Waals surface area contributed by atoms with Gasteiger partial charge in [0.1, 0.15) is 5.75 Å². The summed E-state index contributed by atoms with van der Waals surface area (Å²) in [6, 6.07) is 8.39. The smallest absolute Gasteiger partial charge is 0.118 e. The van der Waals surface area contributed by atoms with E-state index in [1.165, 1.54) is 24.0 Å². The number of hydrogen-bond donors (Lipinski definition) is 2. The predicted molar refractivity (Wildman–Crippen MR) is 117 cm³/mol. The number of methoxy groups -OCH3 is 1. The molecule has 0 unspecified atom stereocenters. The Morgan fingerprint density at radius 2 is 1.93 bits per heavy atom. The molecule has 1 fully saturated rings. The molecule has 29 heavy (non-hydrogen) atoms. The van der Waals surface area contributed by atoms with Crippen LogP contribution in [0.15, 0.2) is 35.9 Å². The van der Waals surface area contributed by atoms with E-state index in [9.17, 15) is 5.11 Å². The Labute approximate surface area is 176 Å². The fourth-order valence-corrected chi connectivity index (χ4v) is 4.82. The normalized spacial score (nSPS) is 24.6. The number of allylic oxidation sites excluding steroid dienone is 1. The molecular weight excluding hydrogens is 364 g/mol. The number of aliphatic hydroxyl groups excluding tert-OH is 1. The molecule has 0 aliphatic heterocycles. The summed E-state index contributed by atoms with van der Waals surface area (Å²) in [6.07, 6.45) is 4.36. The summed E-state index contributed by atoms with van der Waals surface area (Å²) < 4.78 is 11.1. The first-order chi connectivity index (χ1) is 13.8. The third kappa shape index (κ3) is 5.21. The van der Waals surface area contributed by atoms with Crippen molar-refractivity contribution in [3.63, 3.8) is 0 Å². The highest BCUT2D eigenvalue weighted by Crippen LogP contribution is 2.59. The molecule has 5 nitrogen and oxygen atoms in total. The van der Waals surface area contributed by atoms with E-state index in [-0.39, 0.29) is 6.04 Å². The van der Waals surface area contributed by atoms with Crippen molar-refractivity contribution in [2.24, 2.45) is 17.3 Å². The van der Waals surface area contributed by atoms with Gasteiger partial charge in [-0.2, -0.15) is 0 Å². The molecule has 4 atom stereocenters. The maximum absolute atomic E-state index is 10.3. The number of benzene rings is 1. The Kier molecular flexibility index (Phi) is 7.38. The molecule has 0 radical (unpaired) electrons. The van der Waals surface area contributed by atoms with Crippen molar-refractivity contribution in [1.82, 2.24) is 10.2 Å². The van der Waals surface area contributed by atoms with Crippen molar-refractivity contribution < 1.29 is 14.6 Å². The van der Waals surface area contributed by atoms with Crippen LogP contribution in [0.2, 0.25) is 0 Å². The van der Waals surface area contributed by atoms with Gasteiger partial charge in [-0.15, -0.1) is 0 Å². The first kappa shape index (κ1) is 22.3. The topological polar surface area (TPSA) is 54.0 Å². The highest BCUT2D eigenvalue weighted by Gasteiger charge is 2.50. The number of aliphatic hydroxyl groups is 1. The van der Waals surface area contributed by atoms with Crippen LogP contribution in [0.3, 0.4) is 0 Å². The van der Waals surface area contributed by atoms with Gasteiger partial charge in [0.15, 0.2) is 0 Å². The van der Waals surface area contributed by atoms with E-state index in [0.29, 0.717) is 31.1 Å². The molecule has 5 heteroatoms. The fourth-order valence-electron chi connectivity index (χ4n) is 4.82. The molecule has 1 aromatic carbocycles. The highest BCUT2D eigenvalue weighted by atomic mass is 16.5. The summed E-state index contributed by atoms with van der Waals surface area (Å²) in [4.78, 5) is 2.18. The quantitative estimate of drug-likeness (QED) is 0.557. The molecule has 1 saturated carbocycles. The second kappa shape index (κ2) is 9.61. The molecule has 0 saturated heterocycles. The minimum atomic E-state index is -0.500. The maximum atomic E-state index is 10.3. The standard InChI is InChI=1S/C24H38N2O3/c1-24(2)19-9-6-18(22(24)12-19)15-29-16-20(27)13-25-14-23(26(3)4)17-7-10-21(28-5)11-8-17/h6-8,10-11,19-20,22-23,25,27H,9,12-16H2,1-5H3/t19-,20+,22-,23+/m1/s1. The lowest BCUT2D eigenvalue weighted by molar-refractivity contribution is -0.0235. The number of likely N-dealkylation sites (N-methyl/N-ethyl adjacent to an activating group) is 1. The van der Waals surface area contributed by atoms with Crippen LogP contribution >= 0.6 is 0 Å². The zero-order valence-electron chi connectivity index (χ0n) is 18.6. The summed E-state index contributed by atoms with van der Waals surface area (Å²) in [5, 5.41) is 13.7. The third-order valence-corrected chi connectivity index (χ3v) is 7.00. The van der Waals surface area contributed by atoms with Crippen LogP contribution in [0.4, 0.5) is 0 Å². The van der Waals surface area contributed by atoms with Crippen LogP contribution in [-0.2, 0) is 4.74 Å². The van der Waals surface area contributed by atoms with E-state index >= 15 is 0 Å². The SMILES string of the molecule is COc1ccc([C@H](CNC[C@H](O)COCC2=CC[C@@H]3C[C@H]2C3(C)C)N(C)C)cc1. The highest BCUT2D eigenvalue weighted by molar-refractivity contribution is 5.29. The summed E-state index contributed by atoms with van der Waals surface area (Å²) in [7, 11) is 5.82. The molecular formula is C24H38N2O3. The van der Waals surface area contributed by atoms with Gasteiger partial charge >= 0.3 is 0 Å². The van der Waals surface area contributed by atoms with E-state index < -0.39 is 6.10 Å². The Bertz CT molecular complexity index is 684. The Hall–Kier alpha value is -1.40. The van der Waals surface area contributed by atoms with Crippen molar-refractivity contribution in [2.75, 3.05) is 47.5 Å². The van der Waals surface area contributed by atoms with E-state index in [4.69, 9.17) is 9.47 Å². The molecule has 2 bridgehead atoms. The number of hydrogen-bond acceptors (Lipinski definition) is 5. The van der Waals surface area contributed by atoms with Gasteiger partial charge in [0.2, 0.25) is 0 Å². The van der Waals surface area contributed by atoms with E-state index in [2.05, 4.69) is 56.4 Å². The molecule has 1 aromatic rings. The van der Waals surface area contributed by atoms with Gasteiger partial charge in [-0.3, -0.25) is 0 Å². The number of rotatable bonds is 11. The van der Waals surface area contributed by atoms with Crippen LogP contribution in [0.5, 0.6) is 5.75 Å². The molecule has 4 rings (SSSR count). The van der Waals surface area contributed by atoms with Crippen LogP contribution in [0.1, 0.15) is 38.3 Å². The average molecular weight is 403 g/mol. The molecule has 3 aliphatic carbocycles. The zero-order chi connectivity index (χ0) is 21.0. The van der Waals surface area contributed by atoms with Gasteiger partial charge in [-0.05, 0) is 67.5 Å². The summed E-state index contributed by atoms with van der Waals surface area (Å²) in [5.41, 5.74) is 3.08. The lowest BCUT2D eigenvalue weighted by atomic mass is 9.49. The average Bonchev–Trinajstić information content (AvgIpc) is 2.71. The van der Waals surface area contributed by atoms with E-state index in [1.807, 2.05) is 12.1 Å². The maximum Gasteiger partial charge on any atom is 0.118 e. The molecule has 0 spiro atoms. The van der Waals surface area contributed by atoms with E-state index in [1.54, 1.807) is 7.11 Å². The number of nitrogens with zero attached hydrogens (tertiary/aromatic N) is 1. The van der Waals surface area contributed by atoms with Crippen LogP contribution < -0.4 is 10.1 Å². The fraction of sp³-hybridized carbons (Fsp3) is 0.667. The monoisotopic (exact) mass is 402 g/mol. The van der Waals surface area contributed by atoms with Gasteiger partial charge in [0, 0.05) is 19.1 Å². The first-order valence-electron chi connectivity index (χ1n) is 10.8. The second-order valence-corrected chi connectivity index (χ2v) is 9.40. The van der Waals surface area contributed by atoms with Gasteiger partial charge in [0.05, 0.1) is 26.4 Å².